The van der Waals surface area contributed by atoms with Crippen molar-refractivity contribution in [1.82, 2.24) is 4.90 Å². The molecule has 1 aromatic carbocycles. The molecule has 0 unspecified atom stereocenters. The zero-order valence-corrected chi connectivity index (χ0v) is 13.2. The van der Waals surface area contributed by atoms with Gasteiger partial charge < -0.3 is 14.7 Å². The number of hydrogen-bond donors (Lipinski definition) is 1. The predicted octanol–water partition coefficient (Wildman–Crippen LogP) is 2.38. The van der Waals surface area contributed by atoms with Crippen molar-refractivity contribution >= 4 is 35.1 Å². The van der Waals surface area contributed by atoms with E-state index in [0.717, 1.165) is 0 Å². The second-order valence-corrected chi connectivity index (χ2v) is 5.01. The van der Waals surface area contributed by atoms with E-state index in [1.54, 1.807) is 13.0 Å². The normalized spacial score (nSPS) is 10.3. The Morgan fingerprint density at radius 2 is 1.95 bits per heavy atom. The maximum Gasteiger partial charge on any atom is 0.307 e. The van der Waals surface area contributed by atoms with E-state index in [1.165, 1.54) is 17.0 Å². The summed E-state index contributed by atoms with van der Waals surface area (Å²) in [6.45, 7) is 2.09. The molecule has 0 saturated heterocycles. The Balaban J connectivity index is 2.76. The zero-order chi connectivity index (χ0) is 15.8. The third-order valence-electron chi connectivity index (χ3n) is 2.71. The van der Waals surface area contributed by atoms with E-state index < -0.39 is 0 Å². The number of carbonyl (C=O) groups is 2. The molecule has 5 nitrogen and oxygen atoms in total. The average Bonchev–Trinajstić information content (AvgIpc) is 2.46. The van der Waals surface area contributed by atoms with Crippen molar-refractivity contribution < 1.29 is 19.4 Å². The second kappa shape index (κ2) is 8.87. The number of nitrogens with zero attached hydrogens (tertiary/aromatic N) is 1. The van der Waals surface area contributed by atoms with Crippen LogP contribution in [0, 0.1) is 0 Å². The lowest BCUT2D eigenvalue weighted by Crippen LogP contribution is -2.35. The Morgan fingerprint density at radius 3 is 2.52 bits per heavy atom. The lowest BCUT2D eigenvalue weighted by Gasteiger charge is -2.21. The van der Waals surface area contributed by atoms with Crippen LogP contribution in [0.1, 0.15) is 23.7 Å². The van der Waals surface area contributed by atoms with Crippen LogP contribution in [0.2, 0.25) is 10.0 Å². The first-order chi connectivity index (χ1) is 9.99. The number of benzene rings is 1. The molecule has 0 atom stereocenters. The highest BCUT2D eigenvalue weighted by molar-refractivity contribution is 6.42. The minimum absolute atomic E-state index is 0.0703. The molecule has 0 bridgehead atoms. The maximum atomic E-state index is 12.3. The molecule has 21 heavy (non-hydrogen) atoms. The van der Waals surface area contributed by atoms with E-state index in [-0.39, 0.29) is 43.0 Å². The number of esters is 1. The van der Waals surface area contributed by atoms with E-state index in [1.807, 2.05) is 0 Å². The third kappa shape index (κ3) is 5.53. The van der Waals surface area contributed by atoms with E-state index in [4.69, 9.17) is 33.0 Å². The lowest BCUT2D eigenvalue weighted by molar-refractivity contribution is -0.143. The Kier molecular flexibility index (Phi) is 7.50. The fraction of sp³-hybridized carbons (Fsp3) is 0.429. The monoisotopic (exact) mass is 333 g/mol. The molecule has 0 aliphatic rings. The summed E-state index contributed by atoms with van der Waals surface area (Å²) in [4.78, 5) is 25.0. The van der Waals surface area contributed by atoms with Gasteiger partial charge in [0.1, 0.15) is 0 Å². The Bertz CT molecular complexity index is 508. The summed E-state index contributed by atoms with van der Waals surface area (Å²) in [5.41, 5.74) is 0.349. The number of halogens is 2. The Hall–Kier alpha value is -1.30. The van der Waals surface area contributed by atoms with Crippen LogP contribution in [0.4, 0.5) is 0 Å². The van der Waals surface area contributed by atoms with Gasteiger partial charge in [0.2, 0.25) is 0 Å². The number of ether oxygens (including phenoxy) is 1. The van der Waals surface area contributed by atoms with Gasteiger partial charge in [-0.3, -0.25) is 9.59 Å². The lowest BCUT2D eigenvalue weighted by atomic mass is 10.2. The minimum Gasteiger partial charge on any atom is -0.466 e. The summed E-state index contributed by atoms with van der Waals surface area (Å²) >= 11 is 11.7. The molecule has 0 fully saturated rings. The number of rotatable bonds is 7. The molecule has 1 rings (SSSR count). The smallest absolute Gasteiger partial charge is 0.307 e. The molecule has 0 radical (unpaired) electrons. The molecular formula is C14H17Cl2NO4. The van der Waals surface area contributed by atoms with Crippen molar-refractivity contribution in [2.45, 2.75) is 13.3 Å². The molecule has 116 valence electrons. The van der Waals surface area contributed by atoms with Crippen LogP contribution in [0.15, 0.2) is 18.2 Å². The van der Waals surface area contributed by atoms with Gasteiger partial charge in [0.15, 0.2) is 0 Å². The van der Waals surface area contributed by atoms with Gasteiger partial charge in [-0.1, -0.05) is 23.2 Å². The fourth-order valence-corrected chi connectivity index (χ4v) is 2.00. The molecule has 0 aliphatic heterocycles. The van der Waals surface area contributed by atoms with Crippen LogP contribution in [0.25, 0.3) is 0 Å². The average molecular weight is 334 g/mol. The summed E-state index contributed by atoms with van der Waals surface area (Å²) in [6, 6.07) is 4.53. The first kappa shape index (κ1) is 17.8. The van der Waals surface area contributed by atoms with Gasteiger partial charge in [0, 0.05) is 18.7 Å². The Morgan fingerprint density at radius 1 is 1.24 bits per heavy atom. The van der Waals surface area contributed by atoms with Gasteiger partial charge >= 0.3 is 5.97 Å². The number of amides is 1. The number of hydrogen-bond acceptors (Lipinski definition) is 4. The van der Waals surface area contributed by atoms with Crippen LogP contribution in [0.3, 0.4) is 0 Å². The van der Waals surface area contributed by atoms with Gasteiger partial charge in [-0.25, -0.2) is 0 Å². The van der Waals surface area contributed by atoms with Gasteiger partial charge in [0.25, 0.3) is 5.91 Å². The van der Waals surface area contributed by atoms with Crippen LogP contribution < -0.4 is 0 Å². The molecular weight excluding hydrogens is 317 g/mol. The van der Waals surface area contributed by atoms with E-state index >= 15 is 0 Å². The van der Waals surface area contributed by atoms with Gasteiger partial charge in [-0.2, -0.15) is 0 Å². The molecule has 0 spiro atoms. The molecule has 0 aromatic heterocycles. The highest BCUT2D eigenvalue weighted by atomic mass is 35.5. The zero-order valence-electron chi connectivity index (χ0n) is 11.6. The number of aliphatic hydroxyl groups excluding tert-OH is 1. The summed E-state index contributed by atoms with van der Waals surface area (Å²) in [5, 5.41) is 9.67. The molecule has 0 aliphatic carbocycles. The standard InChI is InChI=1S/C14H17Cl2NO4/c1-2-21-13(19)5-6-17(7-8-18)14(20)10-3-4-11(15)12(16)9-10/h3-4,9,18H,2,5-8H2,1H3. The molecule has 0 saturated carbocycles. The van der Waals surface area contributed by atoms with Gasteiger partial charge in [0.05, 0.1) is 29.7 Å². The van der Waals surface area contributed by atoms with E-state index in [0.29, 0.717) is 17.2 Å². The van der Waals surface area contributed by atoms with Gasteiger partial charge in [-0.05, 0) is 25.1 Å². The van der Waals surface area contributed by atoms with Crippen molar-refractivity contribution in [3.05, 3.63) is 33.8 Å². The second-order valence-electron chi connectivity index (χ2n) is 4.20. The maximum absolute atomic E-state index is 12.3. The summed E-state index contributed by atoms with van der Waals surface area (Å²) in [5.74, 6) is -0.714. The minimum atomic E-state index is -0.387. The third-order valence-corrected chi connectivity index (χ3v) is 3.45. The van der Waals surface area contributed by atoms with E-state index in [9.17, 15) is 9.59 Å². The summed E-state index contributed by atoms with van der Waals surface area (Å²) in [7, 11) is 0. The Labute approximate surface area is 133 Å². The van der Waals surface area contributed by atoms with Crippen LogP contribution in [-0.4, -0.2) is 48.2 Å². The van der Waals surface area contributed by atoms with Crippen LogP contribution >= 0.6 is 23.2 Å². The van der Waals surface area contributed by atoms with Gasteiger partial charge in [-0.15, -0.1) is 0 Å². The van der Waals surface area contributed by atoms with Crippen molar-refractivity contribution in [2.24, 2.45) is 0 Å². The topological polar surface area (TPSA) is 66.8 Å². The molecule has 1 amide bonds. The van der Waals surface area contributed by atoms with Crippen LogP contribution in [-0.2, 0) is 9.53 Å². The number of carbonyl (C=O) groups excluding carboxylic acids is 2. The van der Waals surface area contributed by atoms with Crippen molar-refractivity contribution in [3.8, 4) is 0 Å². The predicted molar refractivity (Wildman–Crippen MR) is 80.7 cm³/mol. The van der Waals surface area contributed by atoms with Crippen LogP contribution in [0.5, 0.6) is 0 Å². The highest BCUT2D eigenvalue weighted by Gasteiger charge is 2.17. The largest absolute Gasteiger partial charge is 0.466 e. The van der Waals surface area contributed by atoms with Crippen molar-refractivity contribution in [1.29, 1.82) is 0 Å². The molecule has 7 heteroatoms. The molecule has 1 aromatic rings. The first-order valence-electron chi connectivity index (χ1n) is 6.50. The first-order valence-corrected chi connectivity index (χ1v) is 7.26. The summed E-state index contributed by atoms with van der Waals surface area (Å²) in [6.07, 6.45) is 0.0703. The quantitative estimate of drug-likeness (QED) is 0.778. The van der Waals surface area contributed by atoms with E-state index in [2.05, 4.69) is 0 Å². The fourth-order valence-electron chi connectivity index (χ4n) is 1.71. The molecule has 1 N–H and O–H groups in total. The molecule has 0 heterocycles. The SMILES string of the molecule is CCOC(=O)CCN(CCO)C(=O)c1ccc(Cl)c(Cl)c1. The number of aliphatic hydroxyl groups is 1. The van der Waals surface area contributed by atoms with Crippen molar-refractivity contribution in [2.75, 3.05) is 26.3 Å². The highest BCUT2D eigenvalue weighted by Crippen LogP contribution is 2.23. The summed E-state index contributed by atoms with van der Waals surface area (Å²) < 4.78 is 4.81. The van der Waals surface area contributed by atoms with Crippen molar-refractivity contribution in [3.63, 3.8) is 0 Å².